The minimum absolute atomic E-state index is 0.195. The van der Waals surface area contributed by atoms with E-state index in [2.05, 4.69) is 32.8 Å². The number of carbonyl (C=O) groups excluding carboxylic acids is 1. The van der Waals surface area contributed by atoms with Crippen LogP contribution in [0.25, 0.3) is 0 Å². The minimum Gasteiger partial charge on any atom is -0.351 e. The highest BCUT2D eigenvalue weighted by molar-refractivity contribution is 5.83. The number of benzene rings is 1. The van der Waals surface area contributed by atoms with Crippen molar-refractivity contribution in [3.05, 3.63) is 48.0 Å². The highest BCUT2D eigenvalue weighted by atomic mass is 16.2. The molecule has 2 atom stereocenters. The molecule has 1 aliphatic heterocycles. The van der Waals surface area contributed by atoms with Crippen molar-refractivity contribution in [3.63, 3.8) is 0 Å². The lowest BCUT2D eigenvalue weighted by Crippen LogP contribution is -2.47. The van der Waals surface area contributed by atoms with Crippen molar-refractivity contribution in [2.45, 2.75) is 38.8 Å². The highest BCUT2D eigenvalue weighted by Gasteiger charge is 2.49. The van der Waals surface area contributed by atoms with Crippen LogP contribution in [0.1, 0.15) is 36.8 Å². The molecule has 0 bridgehead atoms. The zero-order valence-electron chi connectivity index (χ0n) is 14.4. The average Bonchev–Trinajstić information content (AvgIpc) is 3.30. The van der Waals surface area contributed by atoms with Crippen molar-refractivity contribution < 1.29 is 4.79 Å². The van der Waals surface area contributed by atoms with Crippen LogP contribution in [0, 0.1) is 11.3 Å². The van der Waals surface area contributed by atoms with Crippen molar-refractivity contribution in [1.82, 2.24) is 25.4 Å². The van der Waals surface area contributed by atoms with E-state index in [1.165, 1.54) is 12.8 Å². The molecule has 1 amide bonds. The Labute approximate surface area is 148 Å². The van der Waals surface area contributed by atoms with E-state index >= 15 is 0 Å². The smallest absolute Gasteiger partial charge is 0.228 e. The first-order valence-electron chi connectivity index (χ1n) is 9.16. The van der Waals surface area contributed by atoms with Crippen molar-refractivity contribution in [3.8, 4) is 0 Å². The van der Waals surface area contributed by atoms with E-state index in [0.717, 1.165) is 37.1 Å². The van der Waals surface area contributed by atoms with Gasteiger partial charge in [0.15, 0.2) is 0 Å². The minimum atomic E-state index is -0.195. The molecule has 2 N–H and O–H groups in total. The predicted molar refractivity (Wildman–Crippen MR) is 94.7 cm³/mol. The third kappa shape index (κ3) is 3.18. The van der Waals surface area contributed by atoms with Crippen LogP contribution in [0.4, 0.5) is 0 Å². The van der Waals surface area contributed by atoms with Gasteiger partial charge >= 0.3 is 0 Å². The maximum Gasteiger partial charge on any atom is 0.228 e. The largest absolute Gasteiger partial charge is 0.351 e. The molecule has 1 saturated carbocycles. The van der Waals surface area contributed by atoms with Gasteiger partial charge in [0.25, 0.3) is 0 Å². The molecule has 1 aliphatic carbocycles. The summed E-state index contributed by atoms with van der Waals surface area (Å²) in [7, 11) is 0. The fraction of sp³-hybridized carbons (Fsp3) is 0.526. The third-order valence-corrected chi connectivity index (χ3v) is 5.85. The van der Waals surface area contributed by atoms with Crippen LogP contribution in [0.2, 0.25) is 0 Å². The van der Waals surface area contributed by atoms with Crippen molar-refractivity contribution in [1.29, 1.82) is 0 Å². The number of fused-ring (bicyclic) bond motifs is 1. The molecule has 1 aromatic carbocycles. The summed E-state index contributed by atoms with van der Waals surface area (Å²) in [5, 5.41) is 10.8. The summed E-state index contributed by atoms with van der Waals surface area (Å²) < 4.78 is 1.80. The molecule has 1 aromatic heterocycles. The molecule has 25 heavy (non-hydrogen) atoms. The van der Waals surface area contributed by atoms with Gasteiger partial charge in [-0.2, -0.15) is 5.10 Å². The Bertz CT molecular complexity index is 729. The van der Waals surface area contributed by atoms with Gasteiger partial charge in [0.1, 0.15) is 12.7 Å². The fourth-order valence-electron chi connectivity index (χ4n) is 4.42. The third-order valence-electron chi connectivity index (χ3n) is 5.85. The number of rotatable bonds is 5. The van der Waals surface area contributed by atoms with Crippen molar-refractivity contribution >= 4 is 5.91 Å². The first-order valence-corrected chi connectivity index (χ1v) is 9.16. The Morgan fingerprint density at radius 1 is 1.32 bits per heavy atom. The van der Waals surface area contributed by atoms with Crippen LogP contribution in [0.3, 0.4) is 0 Å². The number of nitrogens with one attached hydrogen (secondary N) is 2. The van der Waals surface area contributed by atoms with E-state index < -0.39 is 0 Å². The van der Waals surface area contributed by atoms with Crippen LogP contribution < -0.4 is 10.6 Å². The standard InChI is InChI=1S/C19H25N5O/c25-18(19-8-4-3-7-17(19)10-20-12-19)22-9-15-5-1-2-6-16(15)11-24-14-21-13-23-24/h1-2,5-6,13-14,17,20H,3-4,7-12H2,(H,22,25)/t17-,19+/m0/s1. The molecule has 132 valence electrons. The van der Waals surface area contributed by atoms with Gasteiger partial charge < -0.3 is 10.6 Å². The summed E-state index contributed by atoms with van der Waals surface area (Å²) in [4.78, 5) is 17.0. The Morgan fingerprint density at radius 3 is 3.04 bits per heavy atom. The fourth-order valence-corrected chi connectivity index (χ4v) is 4.42. The monoisotopic (exact) mass is 339 g/mol. The molecular weight excluding hydrogens is 314 g/mol. The van der Waals surface area contributed by atoms with Crippen LogP contribution in [-0.2, 0) is 17.9 Å². The van der Waals surface area contributed by atoms with Crippen LogP contribution in [0.5, 0.6) is 0 Å². The van der Waals surface area contributed by atoms with Crippen LogP contribution in [-0.4, -0.2) is 33.8 Å². The average molecular weight is 339 g/mol. The van der Waals surface area contributed by atoms with E-state index in [0.29, 0.717) is 19.0 Å². The number of aromatic nitrogens is 3. The SMILES string of the molecule is O=C(NCc1ccccc1Cn1cncn1)[C@@]12CCCC[C@H]1CNC2. The van der Waals surface area contributed by atoms with Crippen LogP contribution in [0.15, 0.2) is 36.9 Å². The van der Waals surface area contributed by atoms with E-state index in [1.807, 2.05) is 12.1 Å². The number of amides is 1. The molecular formula is C19H25N5O. The first-order chi connectivity index (χ1) is 12.3. The lowest BCUT2D eigenvalue weighted by Gasteiger charge is -2.37. The lowest BCUT2D eigenvalue weighted by atomic mass is 9.67. The molecule has 0 spiro atoms. The number of hydrogen-bond acceptors (Lipinski definition) is 4. The summed E-state index contributed by atoms with van der Waals surface area (Å²) in [6, 6.07) is 8.21. The number of nitrogens with zero attached hydrogens (tertiary/aromatic N) is 3. The maximum atomic E-state index is 13.0. The number of hydrogen-bond donors (Lipinski definition) is 2. The van der Waals surface area contributed by atoms with E-state index in [1.54, 1.807) is 17.3 Å². The van der Waals surface area contributed by atoms with E-state index in [9.17, 15) is 4.79 Å². The Morgan fingerprint density at radius 2 is 2.20 bits per heavy atom. The normalized spacial score (nSPS) is 25.5. The predicted octanol–water partition coefficient (Wildman–Crippen LogP) is 1.72. The van der Waals surface area contributed by atoms with Crippen molar-refractivity contribution in [2.24, 2.45) is 11.3 Å². The summed E-state index contributed by atoms with van der Waals surface area (Å²) in [6.07, 6.45) is 7.85. The van der Waals surface area contributed by atoms with E-state index in [-0.39, 0.29) is 11.3 Å². The molecule has 0 radical (unpaired) electrons. The van der Waals surface area contributed by atoms with Gasteiger partial charge in [0.2, 0.25) is 5.91 Å². The summed E-state index contributed by atoms with van der Waals surface area (Å²) >= 11 is 0. The molecule has 2 aliphatic rings. The van der Waals surface area contributed by atoms with Crippen molar-refractivity contribution in [2.75, 3.05) is 13.1 Å². The quantitative estimate of drug-likeness (QED) is 0.870. The summed E-state index contributed by atoms with van der Waals surface area (Å²) in [5.41, 5.74) is 2.11. The maximum absolute atomic E-state index is 13.0. The van der Waals surface area contributed by atoms with Gasteiger partial charge in [-0.05, 0) is 36.4 Å². The van der Waals surface area contributed by atoms with Gasteiger partial charge in [-0.1, -0.05) is 37.1 Å². The molecule has 0 unspecified atom stereocenters. The van der Waals surface area contributed by atoms with Gasteiger partial charge in [-0.3, -0.25) is 4.79 Å². The second kappa shape index (κ2) is 6.96. The van der Waals surface area contributed by atoms with Gasteiger partial charge in [0.05, 0.1) is 12.0 Å². The van der Waals surface area contributed by atoms with Gasteiger partial charge in [0, 0.05) is 13.1 Å². The molecule has 2 heterocycles. The lowest BCUT2D eigenvalue weighted by molar-refractivity contribution is -0.134. The Hall–Kier alpha value is -2.21. The van der Waals surface area contributed by atoms with E-state index in [4.69, 9.17) is 0 Å². The molecule has 6 nitrogen and oxygen atoms in total. The summed E-state index contributed by atoms with van der Waals surface area (Å²) in [6.45, 7) is 3.04. The molecule has 6 heteroatoms. The topological polar surface area (TPSA) is 71.8 Å². The van der Waals surface area contributed by atoms with Gasteiger partial charge in [-0.25, -0.2) is 9.67 Å². The van der Waals surface area contributed by atoms with Gasteiger partial charge in [-0.15, -0.1) is 0 Å². The zero-order chi connectivity index (χ0) is 17.1. The zero-order valence-corrected chi connectivity index (χ0v) is 14.4. The molecule has 2 fully saturated rings. The first kappa shape index (κ1) is 16.3. The Kier molecular flexibility index (Phi) is 4.53. The highest BCUT2D eigenvalue weighted by Crippen LogP contribution is 2.43. The Balaban J connectivity index is 1.45. The van der Waals surface area contributed by atoms with Crippen LogP contribution >= 0.6 is 0 Å². The summed E-state index contributed by atoms with van der Waals surface area (Å²) in [5.74, 6) is 0.712. The molecule has 4 rings (SSSR count). The number of carbonyl (C=O) groups is 1. The second-order valence-corrected chi connectivity index (χ2v) is 7.27. The second-order valence-electron chi connectivity index (χ2n) is 7.27. The molecule has 2 aromatic rings. The molecule has 1 saturated heterocycles.